The van der Waals surface area contributed by atoms with E-state index >= 15 is 0 Å². The lowest BCUT2D eigenvalue weighted by Gasteiger charge is -2.34. The minimum absolute atomic E-state index is 0.0943. The van der Waals surface area contributed by atoms with Crippen molar-refractivity contribution in [3.63, 3.8) is 0 Å². The number of amides is 1. The molecule has 1 amide bonds. The van der Waals surface area contributed by atoms with Crippen LogP contribution in [0.25, 0.3) is 0 Å². The van der Waals surface area contributed by atoms with Gasteiger partial charge in [0.05, 0.1) is 19.7 Å². The van der Waals surface area contributed by atoms with Crippen LogP contribution in [-0.2, 0) is 4.79 Å². The maximum absolute atomic E-state index is 12.1. The van der Waals surface area contributed by atoms with E-state index in [1.54, 1.807) is 0 Å². The predicted octanol–water partition coefficient (Wildman–Crippen LogP) is -0.922. The van der Waals surface area contributed by atoms with Crippen molar-refractivity contribution in [1.82, 2.24) is 14.7 Å². The molecule has 0 aliphatic carbocycles. The molecule has 18 heavy (non-hydrogen) atoms. The Morgan fingerprint density at radius 3 is 2.56 bits per heavy atom. The predicted molar refractivity (Wildman–Crippen MR) is 71.1 cm³/mol. The topological polar surface area (TPSA) is 47.0 Å². The highest BCUT2D eigenvalue weighted by Crippen LogP contribution is 2.02. The molecule has 1 rings (SSSR count). The van der Waals surface area contributed by atoms with Crippen LogP contribution in [0.3, 0.4) is 0 Å². The zero-order valence-electron chi connectivity index (χ0n) is 11.1. The third-order valence-corrected chi connectivity index (χ3v) is 3.26. The number of nitrogens with zero attached hydrogens (tertiary/aromatic N) is 3. The van der Waals surface area contributed by atoms with Gasteiger partial charge in [-0.15, -0.1) is 6.42 Å². The van der Waals surface area contributed by atoms with Crippen LogP contribution in [-0.4, -0.2) is 84.7 Å². The van der Waals surface area contributed by atoms with Gasteiger partial charge < -0.3 is 10.0 Å². The highest BCUT2D eigenvalue weighted by molar-refractivity contribution is 5.78. The largest absolute Gasteiger partial charge is 0.395 e. The molecule has 0 aromatic carbocycles. The summed E-state index contributed by atoms with van der Waals surface area (Å²) in [5.74, 6) is 2.77. The number of aliphatic hydroxyl groups excluding tert-OH is 1. The summed E-state index contributed by atoms with van der Waals surface area (Å²) in [5, 5.41) is 8.89. The molecule has 1 fully saturated rings. The summed E-state index contributed by atoms with van der Waals surface area (Å²) in [6.45, 7) is 7.67. The quantitative estimate of drug-likeness (QED) is 0.622. The number of likely N-dealkylation sites (N-methyl/N-ethyl adjacent to an activating group) is 1. The number of aliphatic hydroxyl groups is 1. The molecule has 1 saturated heterocycles. The zero-order chi connectivity index (χ0) is 13.4. The zero-order valence-corrected chi connectivity index (χ0v) is 11.1. The smallest absolute Gasteiger partial charge is 0.236 e. The van der Waals surface area contributed by atoms with E-state index in [0.717, 1.165) is 32.7 Å². The Kier molecular flexibility index (Phi) is 6.73. The molecule has 0 bridgehead atoms. The highest BCUT2D eigenvalue weighted by Gasteiger charge is 2.21. The molecule has 1 aliphatic heterocycles. The lowest BCUT2D eigenvalue weighted by atomic mass is 10.3. The van der Waals surface area contributed by atoms with Gasteiger partial charge >= 0.3 is 0 Å². The first-order valence-corrected chi connectivity index (χ1v) is 6.48. The van der Waals surface area contributed by atoms with E-state index in [4.69, 9.17) is 11.5 Å². The molecule has 5 heteroatoms. The van der Waals surface area contributed by atoms with E-state index < -0.39 is 0 Å². The molecular weight excluding hydrogens is 230 g/mol. The van der Waals surface area contributed by atoms with Gasteiger partial charge in [0.15, 0.2) is 0 Å². The van der Waals surface area contributed by atoms with Crippen LogP contribution in [0.2, 0.25) is 0 Å². The van der Waals surface area contributed by atoms with Crippen molar-refractivity contribution < 1.29 is 9.90 Å². The van der Waals surface area contributed by atoms with E-state index in [1.165, 1.54) is 0 Å². The number of hydrogen-bond acceptors (Lipinski definition) is 4. The molecule has 0 radical (unpaired) electrons. The van der Waals surface area contributed by atoms with Gasteiger partial charge in [-0.25, -0.2) is 0 Å². The van der Waals surface area contributed by atoms with Crippen LogP contribution in [0.5, 0.6) is 0 Å². The molecule has 0 unspecified atom stereocenters. The van der Waals surface area contributed by atoms with Crippen LogP contribution in [0.15, 0.2) is 0 Å². The Bertz CT molecular complexity index is 293. The van der Waals surface area contributed by atoms with E-state index in [9.17, 15) is 4.79 Å². The number of carbonyl (C=O) groups excluding carboxylic acids is 1. The molecule has 0 atom stereocenters. The van der Waals surface area contributed by atoms with Crippen molar-refractivity contribution in [1.29, 1.82) is 0 Å². The first kappa shape index (κ1) is 15.0. The summed E-state index contributed by atoms with van der Waals surface area (Å²) in [4.78, 5) is 18.1. The van der Waals surface area contributed by atoms with Crippen molar-refractivity contribution in [2.75, 3.05) is 59.0 Å². The maximum atomic E-state index is 12.1. The first-order chi connectivity index (χ1) is 8.71. The fourth-order valence-electron chi connectivity index (χ4n) is 2.07. The Balaban J connectivity index is 2.33. The fourth-order valence-corrected chi connectivity index (χ4v) is 2.07. The second-order valence-electron chi connectivity index (χ2n) is 4.45. The summed E-state index contributed by atoms with van der Waals surface area (Å²) in [6.07, 6.45) is 5.27. The summed E-state index contributed by atoms with van der Waals surface area (Å²) < 4.78 is 0. The second kappa shape index (κ2) is 8.09. The standard InChI is InChI=1S/C13H23N3O2/c1-3-5-15-6-8-16(9-7-15)13(18)12-14(4-2)10-11-17/h1,17H,4-12H2,2H3. The molecule has 1 aliphatic rings. The average Bonchev–Trinajstić information content (AvgIpc) is 2.39. The maximum Gasteiger partial charge on any atom is 0.236 e. The average molecular weight is 253 g/mol. The van der Waals surface area contributed by atoms with Crippen LogP contribution < -0.4 is 0 Å². The fraction of sp³-hybridized carbons (Fsp3) is 0.769. The van der Waals surface area contributed by atoms with Crippen molar-refractivity contribution in [2.24, 2.45) is 0 Å². The third kappa shape index (κ3) is 4.65. The van der Waals surface area contributed by atoms with Crippen molar-refractivity contribution in [2.45, 2.75) is 6.92 Å². The first-order valence-electron chi connectivity index (χ1n) is 6.48. The summed E-state index contributed by atoms with van der Waals surface area (Å²) >= 11 is 0. The van der Waals surface area contributed by atoms with E-state index in [-0.39, 0.29) is 12.5 Å². The Morgan fingerprint density at radius 1 is 1.39 bits per heavy atom. The Morgan fingerprint density at radius 2 is 2.06 bits per heavy atom. The van der Waals surface area contributed by atoms with Gasteiger partial charge in [-0.05, 0) is 6.54 Å². The van der Waals surface area contributed by atoms with E-state index in [2.05, 4.69) is 10.8 Å². The lowest BCUT2D eigenvalue weighted by Crippen LogP contribution is -2.51. The van der Waals surface area contributed by atoms with Crippen LogP contribution in [0, 0.1) is 12.3 Å². The number of carbonyl (C=O) groups is 1. The molecule has 0 aromatic heterocycles. The van der Waals surface area contributed by atoms with Crippen molar-refractivity contribution in [3.8, 4) is 12.3 Å². The van der Waals surface area contributed by atoms with Crippen molar-refractivity contribution in [3.05, 3.63) is 0 Å². The monoisotopic (exact) mass is 253 g/mol. The number of terminal acetylenes is 1. The van der Waals surface area contributed by atoms with Crippen LogP contribution in [0.1, 0.15) is 6.92 Å². The molecule has 1 heterocycles. The lowest BCUT2D eigenvalue weighted by molar-refractivity contribution is -0.134. The van der Waals surface area contributed by atoms with Crippen LogP contribution >= 0.6 is 0 Å². The Labute approximate surface area is 109 Å². The third-order valence-electron chi connectivity index (χ3n) is 3.26. The summed E-state index contributed by atoms with van der Waals surface area (Å²) in [6, 6.07) is 0. The van der Waals surface area contributed by atoms with Crippen LogP contribution in [0.4, 0.5) is 0 Å². The second-order valence-corrected chi connectivity index (χ2v) is 4.45. The summed E-state index contributed by atoms with van der Waals surface area (Å²) in [7, 11) is 0. The highest BCUT2D eigenvalue weighted by atomic mass is 16.3. The normalized spacial score (nSPS) is 16.9. The van der Waals surface area contributed by atoms with Gasteiger partial charge in [0.2, 0.25) is 5.91 Å². The van der Waals surface area contributed by atoms with E-state index in [0.29, 0.717) is 19.6 Å². The van der Waals surface area contributed by atoms with E-state index in [1.807, 2.05) is 16.7 Å². The summed E-state index contributed by atoms with van der Waals surface area (Å²) in [5.41, 5.74) is 0. The van der Waals surface area contributed by atoms with Gasteiger partial charge in [0.1, 0.15) is 0 Å². The number of rotatable bonds is 6. The molecule has 102 valence electrons. The molecule has 0 saturated carbocycles. The SMILES string of the molecule is C#CCN1CCN(C(=O)CN(CC)CCO)CC1. The molecule has 0 aromatic rings. The molecular formula is C13H23N3O2. The molecule has 1 N–H and O–H groups in total. The molecule has 0 spiro atoms. The number of hydrogen-bond donors (Lipinski definition) is 1. The minimum atomic E-state index is 0.0943. The number of piperazine rings is 1. The molecule has 5 nitrogen and oxygen atoms in total. The Hall–Kier alpha value is -1.09. The van der Waals surface area contributed by atoms with Crippen molar-refractivity contribution >= 4 is 5.91 Å². The van der Waals surface area contributed by atoms with Gasteiger partial charge in [-0.2, -0.15) is 0 Å². The van der Waals surface area contributed by atoms with Gasteiger partial charge in [0.25, 0.3) is 0 Å². The minimum Gasteiger partial charge on any atom is -0.395 e. The van der Waals surface area contributed by atoms with Gasteiger partial charge in [-0.3, -0.25) is 14.6 Å². The van der Waals surface area contributed by atoms with Gasteiger partial charge in [0, 0.05) is 32.7 Å². The van der Waals surface area contributed by atoms with Gasteiger partial charge in [-0.1, -0.05) is 12.8 Å².